The van der Waals surface area contributed by atoms with Crippen molar-refractivity contribution in [2.24, 2.45) is 0 Å². The average Bonchev–Trinajstić information content (AvgIpc) is 3.37. The summed E-state index contributed by atoms with van der Waals surface area (Å²) < 4.78 is 17.6. The molecule has 71 heavy (non-hydrogen) atoms. The summed E-state index contributed by atoms with van der Waals surface area (Å²) in [7, 11) is 0. The Balaban J connectivity index is 2.68. The van der Waals surface area contributed by atoms with E-state index in [1.54, 1.807) is 6.08 Å². The minimum absolute atomic E-state index is 0.121. The molecule has 1 amide bonds. The molecule has 1 fully saturated rings. The molecule has 0 aromatic rings. The molecule has 0 spiro atoms. The molecule has 0 saturated carbocycles. The maximum atomic E-state index is 13.3. The Bertz CT molecular complexity index is 1290. The number of allylic oxidation sites excluding steroid dienone is 5. The van der Waals surface area contributed by atoms with Gasteiger partial charge in [0.25, 0.3) is 0 Å². The number of ether oxygens (including phenoxy) is 3. The summed E-state index contributed by atoms with van der Waals surface area (Å²) >= 11 is 0. The zero-order chi connectivity index (χ0) is 51.8. The van der Waals surface area contributed by atoms with Gasteiger partial charge in [0.2, 0.25) is 5.91 Å². The van der Waals surface area contributed by atoms with Crippen LogP contribution in [0.3, 0.4) is 0 Å². The third kappa shape index (κ3) is 37.3. The van der Waals surface area contributed by atoms with Gasteiger partial charge in [-0.15, -0.1) is 0 Å². The molecule has 1 rings (SSSR count). The van der Waals surface area contributed by atoms with Gasteiger partial charge in [-0.25, -0.2) is 0 Å². The maximum absolute atomic E-state index is 13.3. The molecule has 416 valence electrons. The number of rotatable bonds is 50. The summed E-state index contributed by atoms with van der Waals surface area (Å²) in [5.74, 6) is -1.19. The summed E-state index contributed by atoms with van der Waals surface area (Å²) in [6.07, 6.45) is 46.1. The fourth-order valence-corrected chi connectivity index (χ4v) is 9.27. The number of amides is 1. The first-order valence-electron chi connectivity index (χ1n) is 29.8. The lowest BCUT2D eigenvalue weighted by Gasteiger charge is -2.41. The molecule has 0 aliphatic carbocycles. The predicted molar refractivity (Wildman–Crippen MR) is 292 cm³/mol. The van der Waals surface area contributed by atoms with E-state index in [4.69, 9.17) is 14.2 Å². The van der Waals surface area contributed by atoms with Gasteiger partial charge in [-0.1, -0.05) is 243 Å². The molecule has 0 bridgehead atoms. The smallest absolute Gasteiger partial charge is 0.306 e. The monoisotopic (exact) mass is 1010 g/mol. The lowest BCUT2D eigenvalue weighted by Crippen LogP contribution is -2.61. The van der Waals surface area contributed by atoms with Crippen LogP contribution < -0.4 is 5.32 Å². The van der Waals surface area contributed by atoms with Crippen LogP contribution in [-0.4, -0.2) is 99.6 Å². The van der Waals surface area contributed by atoms with Gasteiger partial charge in [0.05, 0.1) is 25.4 Å². The van der Waals surface area contributed by atoms with Crippen molar-refractivity contribution in [3.8, 4) is 0 Å². The molecule has 1 aliphatic rings. The molecule has 0 aromatic heterocycles. The van der Waals surface area contributed by atoms with Crippen molar-refractivity contribution in [1.82, 2.24) is 5.32 Å². The fraction of sp³-hybridized carbons (Fsp3) is 0.867. The second kappa shape index (κ2) is 48.8. The first-order chi connectivity index (χ1) is 34.7. The second-order valence-electron chi connectivity index (χ2n) is 20.7. The molecule has 0 radical (unpaired) electrons. The normalized spacial score (nSPS) is 19.8. The molecule has 11 nitrogen and oxygen atoms in total. The number of hydrogen-bond acceptors (Lipinski definition) is 10. The highest BCUT2D eigenvalue weighted by Crippen LogP contribution is 2.26. The Morgan fingerprint density at radius 3 is 1.46 bits per heavy atom. The molecule has 6 N–H and O–H groups in total. The fourth-order valence-electron chi connectivity index (χ4n) is 9.27. The number of hydrogen-bond donors (Lipinski definition) is 6. The van der Waals surface area contributed by atoms with Crippen LogP contribution in [0.4, 0.5) is 0 Å². The van der Waals surface area contributed by atoms with Crippen LogP contribution >= 0.6 is 0 Å². The van der Waals surface area contributed by atoms with E-state index in [0.29, 0.717) is 19.3 Å². The Kier molecular flexibility index (Phi) is 46.0. The first kappa shape index (κ1) is 66.9. The lowest BCUT2D eigenvalue weighted by molar-refractivity contribution is -0.305. The molecule has 11 heteroatoms. The van der Waals surface area contributed by atoms with E-state index in [-0.39, 0.29) is 13.0 Å². The molecule has 1 aliphatic heterocycles. The summed E-state index contributed by atoms with van der Waals surface area (Å²) in [5.41, 5.74) is 0. The van der Waals surface area contributed by atoms with Crippen molar-refractivity contribution in [2.45, 2.75) is 320 Å². The van der Waals surface area contributed by atoms with Crippen LogP contribution in [0, 0.1) is 0 Å². The maximum Gasteiger partial charge on any atom is 0.306 e. The minimum Gasteiger partial charge on any atom is -0.454 e. The van der Waals surface area contributed by atoms with Crippen molar-refractivity contribution in [2.75, 3.05) is 13.2 Å². The van der Waals surface area contributed by atoms with Gasteiger partial charge in [0, 0.05) is 6.42 Å². The van der Waals surface area contributed by atoms with E-state index >= 15 is 0 Å². The highest BCUT2D eigenvalue weighted by Gasteiger charge is 2.47. The molecular formula is C60H111NO10. The van der Waals surface area contributed by atoms with Crippen molar-refractivity contribution < 1.29 is 49.3 Å². The number of aliphatic hydroxyl groups excluding tert-OH is 5. The quantitative estimate of drug-likeness (QED) is 0.0195. The molecule has 8 unspecified atom stereocenters. The number of nitrogens with one attached hydrogen (secondary N) is 1. The first-order valence-corrected chi connectivity index (χ1v) is 29.8. The summed E-state index contributed by atoms with van der Waals surface area (Å²) in [6.45, 7) is 5.75. The predicted octanol–water partition coefficient (Wildman–Crippen LogP) is 13.5. The van der Waals surface area contributed by atoms with E-state index in [2.05, 4.69) is 50.4 Å². The van der Waals surface area contributed by atoms with Gasteiger partial charge in [0.1, 0.15) is 24.4 Å². The summed E-state index contributed by atoms with van der Waals surface area (Å²) in [5, 5.41) is 56.8. The van der Waals surface area contributed by atoms with Crippen LogP contribution in [0.1, 0.15) is 271 Å². The Morgan fingerprint density at radius 1 is 0.549 bits per heavy atom. The van der Waals surface area contributed by atoms with E-state index in [0.717, 1.165) is 70.6 Å². The second-order valence-corrected chi connectivity index (χ2v) is 20.7. The topological polar surface area (TPSA) is 175 Å². The standard InChI is InChI=1S/C60H111NO10/c1-4-7-10-13-16-19-22-24-25-26-27-28-29-31-33-36-39-42-45-48-55(65)71-58-57(67)56(66)54(49-62)70-60(58)69-50-51(52(63)46-43-40-37-35-32-30-23-20-17-14-11-8-5-2)61-59(68)53(64)47-44-41-38-34-21-18-15-12-9-6-3/h16,19,24-25,43,46,51-54,56-58,60,62-64,66-67H,4-15,17-18,20-23,26-42,44-45,47-50H2,1-3H3,(H,61,68)/b19-16-,25-24-,46-43+. The number of carbonyl (C=O) groups excluding carboxylic acids is 2. The largest absolute Gasteiger partial charge is 0.454 e. The molecule has 0 aromatic carbocycles. The molecular weight excluding hydrogens is 895 g/mol. The van der Waals surface area contributed by atoms with Crippen molar-refractivity contribution in [3.05, 3.63) is 36.5 Å². The summed E-state index contributed by atoms with van der Waals surface area (Å²) in [4.78, 5) is 26.4. The van der Waals surface area contributed by atoms with Crippen LogP contribution in [0.15, 0.2) is 36.5 Å². The molecule has 1 heterocycles. The Hall–Kier alpha value is -2.12. The number of carbonyl (C=O) groups is 2. The number of aliphatic hydroxyl groups is 5. The van der Waals surface area contributed by atoms with Gasteiger partial charge in [-0.2, -0.15) is 0 Å². The van der Waals surface area contributed by atoms with Gasteiger partial charge >= 0.3 is 5.97 Å². The molecule has 8 atom stereocenters. The minimum atomic E-state index is -1.61. The van der Waals surface area contributed by atoms with E-state index in [1.165, 1.54) is 154 Å². The van der Waals surface area contributed by atoms with Crippen molar-refractivity contribution in [3.63, 3.8) is 0 Å². The van der Waals surface area contributed by atoms with E-state index < -0.39 is 67.4 Å². The summed E-state index contributed by atoms with van der Waals surface area (Å²) in [6, 6.07) is -1.02. The lowest BCUT2D eigenvalue weighted by atomic mass is 9.99. The molecule has 1 saturated heterocycles. The third-order valence-electron chi connectivity index (χ3n) is 14.0. The Labute approximate surface area is 434 Å². The van der Waals surface area contributed by atoms with E-state index in [9.17, 15) is 35.1 Å². The van der Waals surface area contributed by atoms with Crippen LogP contribution in [0.2, 0.25) is 0 Å². The zero-order valence-corrected chi connectivity index (χ0v) is 45.9. The van der Waals surface area contributed by atoms with Crippen molar-refractivity contribution in [1.29, 1.82) is 0 Å². The SMILES string of the molecule is CCCCC/C=C\C/C=C\CCCCCCCCCCCC(=O)OC1C(OCC(NC(=O)C(O)CCCCCCCCCCCC)C(O)/C=C/CCCCCCCCCCCCC)OC(CO)C(O)C1O. The third-order valence-corrected chi connectivity index (χ3v) is 14.0. The van der Waals surface area contributed by atoms with Gasteiger partial charge in [-0.3, -0.25) is 9.59 Å². The van der Waals surface area contributed by atoms with Crippen LogP contribution in [-0.2, 0) is 23.8 Å². The van der Waals surface area contributed by atoms with Gasteiger partial charge in [-0.05, 0) is 57.8 Å². The van der Waals surface area contributed by atoms with Crippen LogP contribution in [0.5, 0.6) is 0 Å². The average molecular weight is 1010 g/mol. The van der Waals surface area contributed by atoms with Gasteiger partial charge < -0.3 is 45.1 Å². The van der Waals surface area contributed by atoms with Gasteiger partial charge in [0.15, 0.2) is 12.4 Å². The Morgan fingerprint density at radius 2 is 0.972 bits per heavy atom. The number of esters is 1. The highest BCUT2D eigenvalue weighted by molar-refractivity contribution is 5.80. The zero-order valence-electron chi connectivity index (χ0n) is 45.9. The number of unbranched alkanes of at least 4 members (excludes halogenated alkanes) is 32. The van der Waals surface area contributed by atoms with E-state index in [1.807, 2.05) is 6.08 Å². The van der Waals surface area contributed by atoms with Crippen molar-refractivity contribution >= 4 is 11.9 Å². The highest BCUT2D eigenvalue weighted by atomic mass is 16.7. The van der Waals surface area contributed by atoms with Crippen LogP contribution in [0.25, 0.3) is 0 Å².